The van der Waals surface area contributed by atoms with Gasteiger partial charge in [0.2, 0.25) is 5.95 Å². The fourth-order valence-corrected chi connectivity index (χ4v) is 1.99. The minimum atomic E-state index is 0.269. The van der Waals surface area contributed by atoms with Gasteiger partial charge in [-0.2, -0.15) is 0 Å². The van der Waals surface area contributed by atoms with Crippen LogP contribution in [0.5, 0.6) is 5.75 Å². The summed E-state index contributed by atoms with van der Waals surface area (Å²) in [7, 11) is 0. The highest BCUT2D eigenvalue weighted by Crippen LogP contribution is 2.26. The smallest absolute Gasteiger partial charge is 0.224 e. The van der Waals surface area contributed by atoms with Crippen molar-refractivity contribution in [2.75, 3.05) is 11.9 Å². The molecule has 18 heavy (non-hydrogen) atoms. The van der Waals surface area contributed by atoms with Gasteiger partial charge in [0.15, 0.2) is 5.82 Å². The van der Waals surface area contributed by atoms with E-state index in [4.69, 9.17) is 0 Å². The summed E-state index contributed by atoms with van der Waals surface area (Å²) in [5.74, 6) is 1.87. The van der Waals surface area contributed by atoms with Gasteiger partial charge in [0.25, 0.3) is 0 Å². The van der Waals surface area contributed by atoms with E-state index in [1.807, 2.05) is 24.5 Å². The van der Waals surface area contributed by atoms with Crippen molar-refractivity contribution in [3.8, 4) is 17.1 Å². The fraction of sp³-hybridized carbons (Fsp3) is 0.385. The van der Waals surface area contributed by atoms with Gasteiger partial charge in [-0.15, -0.1) is 10.2 Å². The van der Waals surface area contributed by atoms with Crippen molar-refractivity contribution in [1.29, 1.82) is 0 Å². The Kier molecular flexibility index (Phi) is 3.50. The molecule has 0 fully saturated rings. The van der Waals surface area contributed by atoms with Gasteiger partial charge in [0, 0.05) is 18.7 Å². The highest BCUT2D eigenvalue weighted by Gasteiger charge is 2.13. The van der Waals surface area contributed by atoms with Crippen LogP contribution in [0.3, 0.4) is 0 Å². The van der Waals surface area contributed by atoms with E-state index in [1.165, 1.54) is 0 Å². The van der Waals surface area contributed by atoms with Crippen LogP contribution in [0.2, 0.25) is 0 Å². The van der Waals surface area contributed by atoms with E-state index in [0.29, 0.717) is 0 Å². The summed E-state index contributed by atoms with van der Waals surface area (Å²) in [5, 5.41) is 21.0. The maximum absolute atomic E-state index is 9.45. The molecule has 0 atom stereocenters. The van der Waals surface area contributed by atoms with Crippen molar-refractivity contribution in [3.05, 3.63) is 23.8 Å². The number of anilines is 1. The van der Waals surface area contributed by atoms with Gasteiger partial charge in [-0.3, -0.25) is 4.57 Å². The molecule has 2 rings (SSSR count). The molecule has 1 aromatic carbocycles. The van der Waals surface area contributed by atoms with Crippen LogP contribution >= 0.6 is 0 Å². The summed E-state index contributed by atoms with van der Waals surface area (Å²) in [6, 6.07) is 5.28. The third-order valence-electron chi connectivity index (χ3n) is 2.85. The lowest BCUT2D eigenvalue weighted by molar-refractivity contribution is 0.475. The molecule has 5 heteroatoms. The Morgan fingerprint density at radius 1 is 1.28 bits per heavy atom. The quantitative estimate of drug-likeness (QED) is 0.869. The Morgan fingerprint density at radius 2 is 2.06 bits per heavy atom. The Labute approximate surface area is 106 Å². The molecule has 0 amide bonds. The second-order valence-corrected chi connectivity index (χ2v) is 4.12. The van der Waals surface area contributed by atoms with Gasteiger partial charge in [-0.25, -0.2) is 0 Å². The monoisotopic (exact) mass is 246 g/mol. The third kappa shape index (κ3) is 2.16. The number of nitrogens with one attached hydrogen (secondary N) is 1. The van der Waals surface area contributed by atoms with Crippen molar-refractivity contribution in [1.82, 2.24) is 14.8 Å². The Balaban J connectivity index is 2.50. The number of hydrogen-bond acceptors (Lipinski definition) is 4. The molecule has 0 unspecified atom stereocenters. The molecule has 1 heterocycles. The maximum Gasteiger partial charge on any atom is 0.224 e. The van der Waals surface area contributed by atoms with E-state index in [9.17, 15) is 5.11 Å². The number of rotatable bonds is 4. The van der Waals surface area contributed by atoms with Crippen LogP contribution in [-0.4, -0.2) is 26.4 Å². The molecule has 5 nitrogen and oxygen atoms in total. The standard InChI is InChI=1S/C13H18N4O/c1-4-14-13-16-15-12(17(13)5-2)11-7-6-10(18)8-9(11)3/h6-8,18H,4-5H2,1-3H3,(H,14,16). The van der Waals surface area contributed by atoms with Crippen molar-refractivity contribution >= 4 is 5.95 Å². The molecule has 0 saturated heterocycles. The number of phenols is 1. The molecule has 0 aliphatic carbocycles. The predicted molar refractivity (Wildman–Crippen MR) is 71.7 cm³/mol. The molecule has 2 aromatic rings. The number of phenolic OH excluding ortho intramolecular Hbond substituents is 1. The molecule has 1 aromatic heterocycles. The molecular weight excluding hydrogens is 228 g/mol. The topological polar surface area (TPSA) is 63.0 Å². The first kappa shape index (κ1) is 12.4. The number of nitrogens with zero attached hydrogens (tertiary/aromatic N) is 3. The van der Waals surface area contributed by atoms with Crippen LogP contribution in [0.1, 0.15) is 19.4 Å². The maximum atomic E-state index is 9.45. The zero-order chi connectivity index (χ0) is 13.1. The van der Waals surface area contributed by atoms with Crippen molar-refractivity contribution in [2.45, 2.75) is 27.3 Å². The van der Waals surface area contributed by atoms with Gasteiger partial charge in [0.05, 0.1) is 0 Å². The Morgan fingerprint density at radius 3 is 2.67 bits per heavy atom. The molecule has 2 N–H and O–H groups in total. The van der Waals surface area contributed by atoms with E-state index in [0.717, 1.165) is 36.0 Å². The minimum Gasteiger partial charge on any atom is -0.508 e. The summed E-state index contributed by atoms with van der Waals surface area (Å²) in [4.78, 5) is 0. The summed E-state index contributed by atoms with van der Waals surface area (Å²) >= 11 is 0. The zero-order valence-corrected chi connectivity index (χ0v) is 10.9. The molecule has 0 spiro atoms. The lowest BCUT2D eigenvalue weighted by Crippen LogP contribution is -2.07. The van der Waals surface area contributed by atoms with E-state index >= 15 is 0 Å². The van der Waals surface area contributed by atoms with Crippen LogP contribution < -0.4 is 5.32 Å². The third-order valence-corrected chi connectivity index (χ3v) is 2.85. The Hall–Kier alpha value is -2.04. The number of aromatic hydroxyl groups is 1. The lowest BCUT2D eigenvalue weighted by Gasteiger charge is -2.09. The molecule has 0 aliphatic heterocycles. The highest BCUT2D eigenvalue weighted by molar-refractivity contribution is 5.63. The van der Waals surface area contributed by atoms with Gasteiger partial charge < -0.3 is 10.4 Å². The SMILES string of the molecule is CCNc1nnc(-c2ccc(O)cc2C)n1CC. The minimum absolute atomic E-state index is 0.269. The van der Waals surface area contributed by atoms with Crippen LogP contribution in [0.15, 0.2) is 18.2 Å². The van der Waals surface area contributed by atoms with E-state index in [1.54, 1.807) is 12.1 Å². The van der Waals surface area contributed by atoms with E-state index < -0.39 is 0 Å². The summed E-state index contributed by atoms with van der Waals surface area (Å²) < 4.78 is 2.03. The van der Waals surface area contributed by atoms with Gasteiger partial charge in [-0.1, -0.05) is 0 Å². The molecule has 0 saturated carbocycles. The van der Waals surface area contributed by atoms with Crippen LogP contribution in [0, 0.1) is 6.92 Å². The number of benzene rings is 1. The molecule has 0 radical (unpaired) electrons. The zero-order valence-electron chi connectivity index (χ0n) is 10.9. The van der Waals surface area contributed by atoms with Crippen molar-refractivity contribution in [2.24, 2.45) is 0 Å². The van der Waals surface area contributed by atoms with Gasteiger partial charge in [-0.05, 0) is 44.5 Å². The molecule has 0 aliphatic rings. The number of aromatic nitrogens is 3. The van der Waals surface area contributed by atoms with Crippen LogP contribution in [0.4, 0.5) is 5.95 Å². The van der Waals surface area contributed by atoms with Gasteiger partial charge in [0.1, 0.15) is 5.75 Å². The second-order valence-electron chi connectivity index (χ2n) is 4.12. The summed E-state index contributed by atoms with van der Waals surface area (Å²) in [5.41, 5.74) is 1.98. The average molecular weight is 246 g/mol. The molecule has 0 bridgehead atoms. The fourth-order valence-electron chi connectivity index (χ4n) is 1.99. The number of hydrogen-bond donors (Lipinski definition) is 2. The summed E-state index contributed by atoms with van der Waals surface area (Å²) in [6.07, 6.45) is 0. The first-order valence-electron chi connectivity index (χ1n) is 6.14. The van der Waals surface area contributed by atoms with Gasteiger partial charge >= 0.3 is 0 Å². The van der Waals surface area contributed by atoms with Crippen LogP contribution in [-0.2, 0) is 6.54 Å². The first-order chi connectivity index (χ1) is 8.67. The second kappa shape index (κ2) is 5.08. The Bertz CT molecular complexity index is 548. The van der Waals surface area contributed by atoms with Crippen molar-refractivity contribution in [3.63, 3.8) is 0 Å². The lowest BCUT2D eigenvalue weighted by atomic mass is 10.1. The average Bonchev–Trinajstić information content (AvgIpc) is 2.72. The molecular formula is C13H18N4O. The van der Waals surface area contributed by atoms with Crippen molar-refractivity contribution < 1.29 is 5.11 Å². The normalized spacial score (nSPS) is 10.6. The first-order valence-corrected chi connectivity index (χ1v) is 6.14. The summed E-state index contributed by atoms with van der Waals surface area (Å²) in [6.45, 7) is 7.65. The van der Waals surface area contributed by atoms with Crippen LogP contribution in [0.25, 0.3) is 11.4 Å². The van der Waals surface area contributed by atoms with E-state index in [-0.39, 0.29) is 5.75 Å². The molecule has 96 valence electrons. The van der Waals surface area contributed by atoms with E-state index in [2.05, 4.69) is 22.4 Å². The number of aryl methyl sites for hydroxylation is 1. The highest BCUT2D eigenvalue weighted by atomic mass is 16.3. The predicted octanol–water partition coefficient (Wildman–Crippen LogP) is 2.41. The largest absolute Gasteiger partial charge is 0.508 e.